The van der Waals surface area contributed by atoms with Gasteiger partial charge in [0.15, 0.2) is 0 Å². The summed E-state index contributed by atoms with van der Waals surface area (Å²) < 4.78 is 2.20. The van der Waals surface area contributed by atoms with Crippen molar-refractivity contribution in [1.82, 2.24) is 0 Å². The molecule has 0 atom stereocenters. The molecule has 212 valence electrons. The Hall–Kier alpha value is -4.12. The van der Waals surface area contributed by atoms with Gasteiger partial charge in [0.2, 0.25) is 0 Å². The SMILES string of the molecule is CN1c2ccccc2C2(c3ccccc31)c1cccc(Br)c1-c1c(Br)cccc1C21c2ccccc2N(C)c2ccccc21. The number of benzene rings is 6. The third kappa shape index (κ3) is 2.92. The Bertz CT molecular complexity index is 1920. The summed E-state index contributed by atoms with van der Waals surface area (Å²) >= 11 is 8.15. The lowest BCUT2D eigenvalue weighted by Crippen LogP contribution is -2.58. The number of hydrogen-bond donors (Lipinski definition) is 0. The summed E-state index contributed by atoms with van der Waals surface area (Å²) in [7, 11) is 4.42. The second kappa shape index (κ2) is 9.20. The number of halogens is 2. The van der Waals surface area contributed by atoms with Crippen molar-refractivity contribution in [2.75, 3.05) is 23.9 Å². The average Bonchev–Trinajstić information content (AvgIpc) is 3.07. The second-order valence-electron chi connectivity index (χ2n) is 12.0. The lowest BCUT2D eigenvalue weighted by atomic mass is 9.42. The molecule has 0 saturated heterocycles. The van der Waals surface area contributed by atoms with E-state index in [1.807, 2.05) is 0 Å². The summed E-state index contributed by atoms with van der Waals surface area (Å²) in [6.45, 7) is 0. The van der Waals surface area contributed by atoms with E-state index in [4.69, 9.17) is 0 Å². The van der Waals surface area contributed by atoms with Gasteiger partial charge in [0.25, 0.3) is 0 Å². The number of nitrogens with zero attached hydrogens (tertiary/aromatic N) is 2. The minimum atomic E-state index is -0.618. The monoisotopic (exact) mass is 694 g/mol. The quantitative estimate of drug-likeness (QED) is 0.156. The van der Waals surface area contributed by atoms with Crippen LogP contribution in [0.4, 0.5) is 22.7 Å². The molecular formula is C40H28Br2N2. The first-order chi connectivity index (χ1) is 21.5. The highest BCUT2D eigenvalue weighted by Crippen LogP contribution is 2.72. The summed E-state index contributed by atoms with van der Waals surface area (Å²) in [5.41, 5.74) is 14.0. The predicted molar refractivity (Wildman–Crippen MR) is 189 cm³/mol. The lowest BCUT2D eigenvalue weighted by molar-refractivity contribution is 0.408. The first-order valence-electron chi connectivity index (χ1n) is 15.0. The summed E-state index contributed by atoms with van der Waals surface area (Å²) in [4.78, 5) is 4.76. The molecule has 0 unspecified atom stereocenters. The Morgan fingerprint density at radius 3 is 0.955 bits per heavy atom. The molecule has 2 nitrogen and oxygen atoms in total. The van der Waals surface area contributed by atoms with Crippen LogP contribution in [0, 0.1) is 0 Å². The second-order valence-corrected chi connectivity index (χ2v) is 13.7. The molecule has 1 aliphatic carbocycles. The molecule has 0 radical (unpaired) electrons. The van der Waals surface area contributed by atoms with Crippen LogP contribution >= 0.6 is 31.9 Å². The maximum Gasteiger partial charge on any atom is 0.0678 e. The topological polar surface area (TPSA) is 6.48 Å². The smallest absolute Gasteiger partial charge is 0.0678 e. The third-order valence-corrected chi connectivity index (χ3v) is 11.6. The molecule has 0 N–H and O–H groups in total. The van der Waals surface area contributed by atoms with Gasteiger partial charge < -0.3 is 9.80 Å². The molecule has 44 heavy (non-hydrogen) atoms. The van der Waals surface area contributed by atoms with E-state index in [2.05, 4.69) is 189 Å². The van der Waals surface area contributed by atoms with Crippen LogP contribution < -0.4 is 9.80 Å². The van der Waals surface area contributed by atoms with Gasteiger partial charge in [-0.1, -0.05) is 129 Å². The van der Waals surface area contributed by atoms with Crippen molar-refractivity contribution in [3.63, 3.8) is 0 Å². The molecule has 6 aromatic carbocycles. The van der Waals surface area contributed by atoms with Gasteiger partial charge in [-0.3, -0.25) is 0 Å². The summed E-state index contributed by atoms with van der Waals surface area (Å²) in [5, 5.41) is 0. The molecule has 2 heterocycles. The van der Waals surface area contributed by atoms with Crippen molar-refractivity contribution >= 4 is 54.6 Å². The van der Waals surface area contributed by atoms with E-state index < -0.39 is 10.8 Å². The highest BCUT2D eigenvalue weighted by atomic mass is 79.9. The summed E-state index contributed by atoms with van der Waals surface area (Å²) in [5.74, 6) is 0. The standard InChI is InChI=1S/C40H28Br2N2/c1-43-33-21-7-3-13-25(33)39(26-14-4-8-22-34(26)43)29-17-11-19-31(41)37(29)38-30(18-12-20-32(38)42)40(39)27-15-5-9-23-35(27)44(2)36-24-10-6-16-28(36)40/h3-24H,1-2H3. The normalized spacial score (nSPS) is 16.0. The number of rotatable bonds is 0. The number of fused-ring (bicyclic) bond motifs is 14. The van der Waals surface area contributed by atoms with Crippen molar-refractivity contribution in [1.29, 1.82) is 0 Å². The summed E-state index contributed by atoms with van der Waals surface area (Å²) in [6, 6.07) is 49.8. The molecule has 0 amide bonds. The minimum Gasteiger partial charge on any atom is -0.344 e. The molecule has 0 fully saturated rings. The largest absolute Gasteiger partial charge is 0.344 e. The van der Waals surface area contributed by atoms with Gasteiger partial charge in [-0.05, 0) is 69.8 Å². The van der Waals surface area contributed by atoms with E-state index >= 15 is 0 Å². The molecule has 0 bridgehead atoms. The van der Waals surface area contributed by atoms with E-state index in [1.165, 1.54) is 67.3 Å². The van der Waals surface area contributed by atoms with Crippen LogP contribution in [0.3, 0.4) is 0 Å². The fraction of sp³-hybridized carbons (Fsp3) is 0.100. The first-order valence-corrected chi connectivity index (χ1v) is 16.6. The van der Waals surface area contributed by atoms with E-state index in [0.29, 0.717) is 0 Å². The molecule has 0 saturated carbocycles. The van der Waals surface area contributed by atoms with Crippen LogP contribution in [0.15, 0.2) is 142 Å². The Morgan fingerprint density at radius 1 is 0.364 bits per heavy atom. The number of para-hydroxylation sites is 4. The van der Waals surface area contributed by atoms with Gasteiger partial charge in [-0.2, -0.15) is 0 Å². The van der Waals surface area contributed by atoms with Gasteiger partial charge in [0.1, 0.15) is 0 Å². The van der Waals surface area contributed by atoms with Gasteiger partial charge in [0.05, 0.1) is 10.8 Å². The number of hydrogen-bond acceptors (Lipinski definition) is 2. The molecule has 3 aliphatic rings. The fourth-order valence-corrected chi connectivity index (χ4v) is 9.99. The number of anilines is 4. The zero-order chi connectivity index (χ0) is 29.8. The molecule has 2 spiro atoms. The first kappa shape index (κ1) is 26.3. The van der Waals surface area contributed by atoms with E-state index in [-0.39, 0.29) is 0 Å². The Balaban J connectivity index is 1.66. The summed E-state index contributed by atoms with van der Waals surface area (Å²) in [6.07, 6.45) is 0. The molecule has 4 heteroatoms. The fourth-order valence-electron chi connectivity index (χ4n) is 8.86. The van der Waals surface area contributed by atoms with E-state index in [0.717, 1.165) is 8.95 Å². The Kier molecular flexibility index (Phi) is 5.50. The van der Waals surface area contributed by atoms with Gasteiger partial charge in [-0.25, -0.2) is 0 Å². The maximum absolute atomic E-state index is 4.07. The van der Waals surface area contributed by atoms with Crippen molar-refractivity contribution in [3.05, 3.63) is 176 Å². The zero-order valence-electron chi connectivity index (χ0n) is 24.4. The van der Waals surface area contributed by atoms with Gasteiger partial charge in [-0.15, -0.1) is 0 Å². The maximum atomic E-state index is 4.07. The van der Waals surface area contributed by atoms with Crippen LogP contribution in [0.25, 0.3) is 11.1 Å². The molecule has 0 aromatic heterocycles. The lowest BCUT2D eigenvalue weighted by Gasteiger charge is -2.61. The molecular weight excluding hydrogens is 668 g/mol. The van der Waals surface area contributed by atoms with Crippen molar-refractivity contribution < 1.29 is 0 Å². The predicted octanol–water partition coefficient (Wildman–Crippen LogP) is 10.7. The zero-order valence-corrected chi connectivity index (χ0v) is 27.5. The highest BCUT2D eigenvalue weighted by Gasteiger charge is 2.66. The van der Waals surface area contributed by atoms with Gasteiger partial charge >= 0.3 is 0 Å². The molecule has 2 aliphatic heterocycles. The van der Waals surface area contributed by atoms with Gasteiger partial charge in [0, 0.05) is 56.9 Å². The average molecular weight is 696 g/mol. The molecule has 9 rings (SSSR count). The van der Waals surface area contributed by atoms with Crippen molar-refractivity contribution in [3.8, 4) is 11.1 Å². The van der Waals surface area contributed by atoms with Crippen molar-refractivity contribution in [2.45, 2.75) is 10.8 Å². The highest BCUT2D eigenvalue weighted by molar-refractivity contribution is 9.11. The van der Waals surface area contributed by atoms with Crippen LogP contribution in [-0.2, 0) is 10.8 Å². The third-order valence-electron chi connectivity index (χ3n) is 10.3. The van der Waals surface area contributed by atoms with Crippen molar-refractivity contribution in [2.24, 2.45) is 0 Å². The van der Waals surface area contributed by atoms with Crippen LogP contribution in [0.5, 0.6) is 0 Å². The Labute approximate surface area is 274 Å². The minimum absolute atomic E-state index is 0.618. The van der Waals surface area contributed by atoms with Crippen LogP contribution in [0.1, 0.15) is 33.4 Å². The Morgan fingerprint density at radius 2 is 0.636 bits per heavy atom. The van der Waals surface area contributed by atoms with E-state index in [9.17, 15) is 0 Å². The molecule has 6 aromatic rings. The van der Waals surface area contributed by atoms with E-state index in [1.54, 1.807) is 0 Å². The van der Waals surface area contributed by atoms with Crippen LogP contribution in [0.2, 0.25) is 0 Å². The van der Waals surface area contributed by atoms with Crippen LogP contribution in [-0.4, -0.2) is 14.1 Å².